The maximum absolute atomic E-state index is 12.9. The van der Waals surface area contributed by atoms with E-state index in [-0.39, 0.29) is 11.4 Å². The highest BCUT2D eigenvalue weighted by Gasteiger charge is 2.12. The Morgan fingerprint density at radius 2 is 2.00 bits per heavy atom. The molecule has 0 bridgehead atoms. The lowest BCUT2D eigenvalue weighted by Gasteiger charge is -2.18. The topological polar surface area (TPSA) is 26.0 Å². The van der Waals surface area contributed by atoms with Crippen LogP contribution in [0, 0.1) is 5.82 Å². The molecule has 0 aromatic heterocycles. The third-order valence-corrected chi connectivity index (χ3v) is 1.80. The summed E-state index contributed by atoms with van der Waals surface area (Å²) in [6.07, 6.45) is 0.616. The van der Waals surface area contributed by atoms with Gasteiger partial charge in [0.1, 0.15) is 5.82 Å². The van der Waals surface area contributed by atoms with Crippen LogP contribution >= 0.6 is 11.6 Å². The summed E-state index contributed by atoms with van der Waals surface area (Å²) in [5.41, 5.74) is 6.30. The van der Waals surface area contributed by atoms with Crippen LogP contribution in [0.5, 0.6) is 0 Å². The smallest absolute Gasteiger partial charge is 0.124 e. The van der Waals surface area contributed by atoms with E-state index in [1.807, 2.05) is 13.8 Å². The second-order valence-electron chi connectivity index (χ2n) is 3.94. The Balaban J connectivity index is 2.90. The number of hydrogen-bond acceptors (Lipinski definition) is 1. The zero-order valence-corrected chi connectivity index (χ0v) is 8.53. The van der Waals surface area contributed by atoms with Crippen molar-refractivity contribution in [2.75, 3.05) is 0 Å². The largest absolute Gasteiger partial charge is 0.325 e. The van der Waals surface area contributed by atoms with Crippen molar-refractivity contribution in [2.24, 2.45) is 5.73 Å². The number of halogens is 2. The SMILES string of the molecule is CC(C)(N)Cc1cc(F)cc(Cl)c1. The van der Waals surface area contributed by atoms with Gasteiger partial charge in [-0.25, -0.2) is 4.39 Å². The van der Waals surface area contributed by atoms with Gasteiger partial charge in [0.2, 0.25) is 0 Å². The van der Waals surface area contributed by atoms with E-state index in [2.05, 4.69) is 0 Å². The van der Waals surface area contributed by atoms with Crippen LogP contribution in [0.1, 0.15) is 19.4 Å². The first kappa shape index (κ1) is 10.5. The fourth-order valence-electron chi connectivity index (χ4n) is 1.24. The van der Waals surface area contributed by atoms with Gasteiger partial charge >= 0.3 is 0 Å². The van der Waals surface area contributed by atoms with Crippen molar-refractivity contribution in [1.82, 2.24) is 0 Å². The number of benzene rings is 1. The molecular weight excluding hydrogens is 189 g/mol. The van der Waals surface area contributed by atoms with Gasteiger partial charge in [-0.1, -0.05) is 11.6 Å². The standard InChI is InChI=1S/C10H13ClFN/c1-10(2,13)6-7-3-8(11)5-9(12)4-7/h3-5H,6,13H2,1-2H3. The van der Waals surface area contributed by atoms with E-state index in [0.29, 0.717) is 11.4 Å². The van der Waals surface area contributed by atoms with Crippen molar-refractivity contribution in [3.63, 3.8) is 0 Å². The third-order valence-electron chi connectivity index (χ3n) is 1.58. The number of hydrogen-bond donors (Lipinski definition) is 1. The van der Waals surface area contributed by atoms with E-state index in [1.165, 1.54) is 12.1 Å². The molecule has 0 saturated carbocycles. The van der Waals surface area contributed by atoms with E-state index in [9.17, 15) is 4.39 Å². The molecule has 0 amide bonds. The second kappa shape index (κ2) is 3.64. The summed E-state index contributed by atoms with van der Waals surface area (Å²) >= 11 is 5.70. The highest BCUT2D eigenvalue weighted by Crippen LogP contribution is 2.17. The Labute approximate surface area is 82.7 Å². The molecule has 0 spiro atoms. The minimum atomic E-state index is -0.336. The summed E-state index contributed by atoms with van der Waals surface area (Å²) in [4.78, 5) is 0. The van der Waals surface area contributed by atoms with Crippen molar-refractivity contribution >= 4 is 11.6 Å². The van der Waals surface area contributed by atoms with E-state index in [0.717, 1.165) is 5.56 Å². The van der Waals surface area contributed by atoms with Gasteiger partial charge in [-0.2, -0.15) is 0 Å². The number of rotatable bonds is 2. The monoisotopic (exact) mass is 201 g/mol. The van der Waals surface area contributed by atoms with Crippen LogP contribution in [0.2, 0.25) is 5.02 Å². The van der Waals surface area contributed by atoms with Crippen molar-refractivity contribution in [2.45, 2.75) is 25.8 Å². The Morgan fingerprint density at radius 1 is 1.38 bits per heavy atom. The van der Waals surface area contributed by atoms with E-state index < -0.39 is 0 Å². The second-order valence-corrected chi connectivity index (χ2v) is 4.38. The van der Waals surface area contributed by atoms with Crippen LogP contribution in [-0.4, -0.2) is 5.54 Å². The van der Waals surface area contributed by atoms with Gasteiger partial charge in [0.15, 0.2) is 0 Å². The Kier molecular flexibility index (Phi) is 2.94. The van der Waals surface area contributed by atoms with Crippen LogP contribution < -0.4 is 5.73 Å². The van der Waals surface area contributed by atoms with Crippen molar-refractivity contribution < 1.29 is 4.39 Å². The molecule has 0 radical (unpaired) electrons. The lowest BCUT2D eigenvalue weighted by Crippen LogP contribution is -2.34. The third kappa shape index (κ3) is 3.75. The molecule has 0 saturated heterocycles. The molecule has 0 atom stereocenters. The molecule has 72 valence electrons. The lowest BCUT2D eigenvalue weighted by atomic mass is 9.96. The van der Waals surface area contributed by atoms with E-state index in [4.69, 9.17) is 17.3 Å². The maximum atomic E-state index is 12.9. The summed E-state index contributed by atoms with van der Waals surface area (Å²) in [5, 5.41) is 0.416. The summed E-state index contributed by atoms with van der Waals surface area (Å²) < 4.78 is 12.9. The molecule has 1 aromatic carbocycles. The molecule has 0 aliphatic rings. The normalized spacial score (nSPS) is 11.8. The zero-order valence-electron chi connectivity index (χ0n) is 7.77. The first-order valence-electron chi connectivity index (χ1n) is 4.11. The summed E-state index contributed by atoms with van der Waals surface area (Å²) in [5.74, 6) is -0.313. The first-order valence-corrected chi connectivity index (χ1v) is 4.48. The van der Waals surface area contributed by atoms with Crippen LogP contribution in [0.15, 0.2) is 18.2 Å². The van der Waals surface area contributed by atoms with Gasteiger partial charge in [0.05, 0.1) is 0 Å². The zero-order chi connectivity index (χ0) is 10.1. The predicted molar refractivity (Wildman–Crippen MR) is 53.4 cm³/mol. The molecule has 1 rings (SSSR count). The van der Waals surface area contributed by atoms with Crippen LogP contribution in [-0.2, 0) is 6.42 Å². The summed E-state index contributed by atoms with van der Waals surface area (Å²) in [7, 11) is 0. The van der Waals surface area contributed by atoms with E-state index >= 15 is 0 Å². The van der Waals surface area contributed by atoms with Crippen LogP contribution in [0.25, 0.3) is 0 Å². The first-order chi connectivity index (χ1) is 5.87. The van der Waals surface area contributed by atoms with Gasteiger partial charge in [-0.15, -0.1) is 0 Å². The lowest BCUT2D eigenvalue weighted by molar-refractivity contribution is 0.514. The predicted octanol–water partition coefficient (Wildman–Crippen LogP) is 2.76. The number of nitrogens with two attached hydrogens (primary N) is 1. The molecule has 0 unspecified atom stereocenters. The molecule has 2 N–H and O–H groups in total. The van der Waals surface area contributed by atoms with Crippen molar-refractivity contribution in [3.05, 3.63) is 34.6 Å². The van der Waals surface area contributed by atoms with Gasteiger partial charge in [0.25, 0.3) is 0 Å². The van der Waals surface area contributed by atoms with Gasteiger partial charge in [0, 0.05) is 10.6 Å². The fourth-order valence-corrected chi connectivity index (χ4v) is 1.48. The molecule has 1 aromatic rings. The average molecular weight is 202 g/mol. The maximum Gasteiger partial charge on any atom is 0.124 e. The molecular formula is C10H13ClFN. The minimum Gasteiger partial charge on any atom is -0.325 e. The molecule has 0 fully saturated rings. The highest BCUT2D eigenvalue weighted by molar-refractivity contribution is 6.30. The molecule has 3 heteroatoms. The van der Waals surface area contributed by atoms with Crippen LogP contribution in [0.3, 0.4) is 0 Å². The summed E-state index contributed by atoms with van der Waals surface area (Å²) in [6, 6.07) is 4.48. The van der Waals surface area contributed by atoms with E-state index in [1.54, 1.807) is 6.07 Å². The quantitative estimate of drug-likeness (QED) is 0.783. The minimum absolute atomic E-state index is 0.313. The Bertz CT molecular complexity index is 284. The Morgan fingerprint density at radius 3 is 2.46 bits per heavy atom. The van der Waals surface area contributed by atoms with Gasteiger partial charge in [-0.05, 0) is 44.0 Å². The average Bonchev–Trinajstić information content (AvgIpc) is 1.78. The fraction of sp³-hybridized carbons (Fsp3) is 0.400. The molecule has 0 heterocycles. The Hall–Kier alpha value is -0.600. The highest BCUT2D eigenvalue weighted by atomic mass is 35.5. The van der Waals surface area contributed by atoms with Gasteiger partial charge in [-0.3, -0.25) is 0 Å². The van der Waals surface area contributed by atoms with Crippen molar-refractivity contribution in [1.29, 1.82) is 0 Å². The van der Waals surface area contributed by atoms with Crippen molar-refractivity contribution in [3.8, 4) is 0 Å². The van der Waals surface area contributed by atoms with Gasteiger partial charge < -0.3 is 5.73 Å². The molecule has 13 heavy (non-hydrogen) atoms. The molecule has 0 aliphatic carbocycles. The van der Waals surface area contributed by atoms with Crippen LogP contribution in [0.4, 0.5) is 4.39 Å². The summed E-state index contributed by atoms with van der Waals surface area (Å²) in [6.45, 7) is 3.79. The molecule has 1 nitrogen and oxygen atoms in total. The molecule has 0 aliphatic heterocycles.